The van der Waals surface area contributed by atoms with Gasteiger partial charge in [-0.1, -0.05) is 20.8 Å². The molecule has 0 bridgehead atoms. The number of piperazine rings is 1. The maximum absolute atomic E-state index is 11.3. The molecule has 0 saturated carbocycles. The summed E-state index contributed by atoms with van der Waals surface area (Å²) in [5, 5.41) is 9.29. The van der Waals surface area contributed by atoms with Gasteiger partial charge in [0.1, 0.15) is 5.60 Å². The molecule has 2 atom stereocenters. The van der Waals surface area contributed by atoms with Crippen molar-refractivity contribution in [1.82, 2.24) is 9.80 Å². The third-order valence-corrected chi connectivity index (χ3v) is 3.91. The third-order valence-electron chi connectivity index (χ3n) is 3.91. The average Bonchev–Trinajstić information content (AvgIpc) is 2.94. The largest absolute Gasteiger partial charge is 0.465 e. The van der Waals surface area contributed by atoms with Crippen LogP contribution in [0.25, 0.3) is 0 Å². The van der Waals surface area contributed by atoms with Gasteiger partial charge in [-0.15, -0.1) is 0 Å². The summed E-state index contributed by atoms with van der Waals surface area (Å²) >= 11 is 0. The molecule has 0 spiro atoms. The van der Waals surface area contributed by atoms with Crippen molar-refractivity contribution < 1.29 is 14.6 Å². The van der Waals surface area contributed by atoms with Crippen LogP contribution in [0.3, 0.4) is 0 Å². The number of ether oxygens (including phenoxy) is 1. The van der Waals surface area contributed by atoms with Gasteiger partial charge in [0.25, 0.3) is 0 Å². The second-order valence-electron chi connectivity index (χ2n) is 6.83. The average molecular weight is 256 g/mol. The van der Waals surface area contributed by atoms with Crippen molar-refractivity contribution in [2.24, 2.45) is 5.41 Å². The molecule has 5 nitrogen and oxygen atoms in total. The molecule has 0 aliphatic carbocycles. The smallest absolute Gasteiger partial charge is 0.407 e. The van der Waals surface area contributed by atoms with Gasteiger partial charge in [0.15, 0.2) is 0 Å². The van der Waals surface area contributed by atoms with E-state index in [1.54, 1.807) is 4.90 Å². The molecule has 2 rings (SSSR count). The molecule has 0 aromatic heterocycles. The Morgan fingerprint density at radius 2 is 2.06 bits per heavy atom. The Morgan fingerprint density at radius 1 is 1.44 bits per heavy atom. The fourth-order valence-corrected chi connectivity index (χ4v) is 2.64. The Kier molecular flexibility index (Phi) is 3.32. The Hall–Kier alpha value is -0.810. The van der Waals surface area contributed by atoms with Crippen molar-refractivity contribution in [2.75, 3.05) is 32.8 Å². The topological polar surface area (TPSA) is 56.3 Å². The van der Waals surface area contributed by atoms with Crippen LogP contribution in [-0.2, 0) is 4.74 Å². The zero-order valence-electron chi connectivity index (χ0n) is 11.8. The normalized spacial score (nSPS) is 33.6. The molecule has 0 radical (unpaired) electrons. The van der Waals surface area contributed by atoms with E-state index >= 15 is 0 Å². The molecule has 2 aliphatic rings. The van der Waals surface area contributed by atoms with E-state index in [0.717, 1.165) is 26.2 Å². The third kappa shape index (κ3) is 2.95. The van der Waals surface area contributed by atoms with E-state index < -0.39 is 6.09 Å². The first-order valence-corrected chi connectivity index (χ1v) is 6.57. The quantitative estimate of drug-likeness (QED) is 0.760. The Bertz CT molecular complexity index is 334. The summed E-state index contributed by atoms with van der Waals surface area (Å²) in [6, 6.07) is 0.0473. The van der Waals surface area contributed by atoms with Gasteiger partial charge >= 0.3 is 6.09 Å². The Balaban J connectivity index is 2.03. The first-order chi connectivity index (χ1) is 8.21. The maximum Gasteiger partial charge on any atom is 0.407 e. The fourth-order valence-electron chi connectivity index (χ4n) is 2.64. The summed E-state index contributed by atoms with van der Waals surface area (Å²) in [6.07, 6.45) is -0.802. The lowest BCUT2D eigenvalue weighted by molar-refractivity contribution is 0.0150. The van der Waals surface area contributed by atoms with Crippen LogP contribution in [0.15, 0.2) is 0 Å². The fraction of sp³-hybridized carbons (Fsp3) is 0.923. The molecule has 2 unspecified atom stereocenters. The van der Waals surface area contributed by atoms with Crippen molar-refractivity contribution in [1.29, 1.82) is 0 Å². The van der Waals surface area contributed by atoms with Crippen LogP contribution >= 0.6 is 0 Å². The van der Waals surface area contributed by atoms with Gasteiger partial charge in [-0.25, -0.2) is 4.79 Å². The standard InChI is InChI=1S/C13H24N2O3/c1-12(2,3)10-7-14(8-13(4)9-18-13)5-6-15(10)11(16)17/h10H,5-9H2,1-4H3,(H,16,17). The van der Waals surface area contributed by atoms with E-state index in [9.17, 15) is 9.90 Å². The summed E-state index contributed by atoms with van der Waals surface area (Å²) in [5.74, 6) is 0. The SMILES string of the molecule is CC1(CN2CCN(C(=O)O)C(C(C)(C)C)C2)CO1. The van der Waals surface area contributed by atoms with Crippen LogP contribution in [0.4, 0.5) is 4.79 Å². The number of hydrogen-bond donors (Lipinski definition) is 1. The molecule has 18 heavy (non-hydrogen) atoms. The van der Waals surface area contributed by atoms with Crippen LogP contribution in [0.1, 0.15) is 27.7 Å². The molecule has 0 aromatic carbocycles. The number of amides is 1. The van der Waals surface area contributed by atoms with E-state index in [4.69, 9.17) is 4.74 Å². The van der Waals surface area contributed by atoms with Gasteiger partial charge in [-0.3, -0.25) is 4.90 Å². The lowest BCUT2D eigenvalue weighted by atomic mass is 9.84. The molecular formula is C13H24N2O3. The highest BCUT2D eigenvalue weighted by molar-refractivity contribution is 5.65. The highest BCUT2D eigenvalue weighted by Gasteiger charge is 2.44. The van der Waals surface area contributed by atoms with Crippen LogP contribution in [0.2, 0.25) is 0 Å². The van der Waals surface area contributed by atoms with Gasteiger partial charge in [0, 0.05) is 26.2 Å². The molecule has 2 aliphatic heterocycles. The highest BCUT2D eigenvalue weighted by atomic mass is 16.6. The molecule has 1 N–H and O–H groups in total. The summed E-state index contributed by atoms with van der Waals surface area (Å²) < 4.78 is 5.42. The van der Waals surface area contributed by atoms with E-state index in [2.05, 4.69) is 32.6 Å². The lowest BCUT2D eigenvalue weighted by Crippen LogP contribution is -2.60. The first-order valence-electron chi connectivity index (χ1n) is 6.57. The van der Waals surface area contributed by atoms with E-state index in [1.165, 1.54) is 0 Å². The molecule has 5 heteroatoms. The summed E-state index contributed by atoms with van der Waals surface area (Å²) in [4.78, 5) is 15.2. The molecule has 0 aromatic rings. The number of carboxylic acid groups (broad SMARTS) is 1. The zero-order valence-corrected chi connectivity index (χ0v) is 11.8. The van der Waals surface area contributed by atoms with E-state index in [1.807, 2.05) is 0 Å². The summed E-state index contributed by atoms with van der Waals surface area (Å²) in [6.45, 7) is 12.4. The van der Waals surface area contributed by atoms with Gasteiger partial charge in [0.2, 0.25) is 0 Å². The minimum absolute atomic E-state index is 0.00777. The van der Waals surface area contributed by atoms with Crippen LogP contribution < -0.4 is 0 Å². The van der Waals surface area contributed by atoms with E-state index in [0.29, 0.717) is 6.54 Å². The molecular weight excluding hydrogens is 232 g/mol. The maximum atomic E-state index is 11.3. The number of epoxide rings is 1. The van der Waals surface area contributed by atoms with Crippen molar-refractivity contribution in [3.05, 3.63) is 0 Å². The Labute approximate surface area is 109 Å². The van der Waals surface area contributed by atoms with Crippen molar-refractivity contribution in [3.63, 3.8) is 0 Å². The van der Waals surface area contributed by atoms with Gasteiger partial charge in [-0.2, -0.15) is 0 Å². The van der Waals surface area contributed by atoms with Crippen LogP contribution in [0, 0.1) is 5.41 Å². The van der Waals surface area contributed by atoms with Gasteiger partial charge < -0.3 is 14.7 Å². The van der Waals surface area contributed by atoms with Gasteiger partial charge in [0.05, 0.1) is 12.6 Å². The number of carbonyl (C=O) groups is 1. The zero-order chi connectivity index (χ0) is 13.6. The van der Waals surface area contributed by atoms with Crippen LogP contribution in [0.5, 0.6) is 0 Å². The second-order valence-corrected chi connectivity index (χ2v) is 6.83. The minimum atomic E-state index is -0.802. The van der Waals surface area contributed by atoms with Crippen molar-refractivity contribution in [3.8, 4) is 0 Å². The first kappa shape index (κ1) is 13.6. The summed E-state index contributed by atoms with van der Waals surface area (Å²) in [5.41, 5.74) is -0.0315. The predicted molar refractivity (Wildman–Crippen MR) is 68.8 cm³/mol. The highest BCUT2D eigenvalue weighted by Crippen LogP contribution is 2.31. The molecule has 2 fully saturated rings. The predicted octanol–water partition coefficient (Wildman–Crippen LogP) is 1.49. The molecule has 104 valence electrons. The van der Waals surface area contributed by atoms with Crippen LogP contribution in [-0.4, -0.2) is 65.4 Å². The molecule has 1 amide bonds. The lowest BCUT2D eigenvalue weighted by Gasteiger charge is -2.46. The second kappa shape index (κ2) is 4.38. The van der Waals surface area contributed by atoms with Gasteiger partial charge in [-0.05, 0) is 12.3 Å². The number of hydrogen-bond acceptors (Lipinski definition) is 3. The summed E-state index contributed by atoms with van der Waals surface area (Å²) in [7, 11) is 0. The Morgan fingerprint density at radius 3 is 2.50 bits per heavy atom. The monoisotopic (exact) mass is 256 g/mol. The minimum Gasteiger partial charge on any atom is -0.465 e. The molecule has 2 saturated heterocycles. The number of nitrogens with zero attached hydrogens (tertiary/aromatic N) is 2. The number of rotatable bonds is 2. The van der Waals surface area contributed by atoms with Crippen molar-refractivity contribution >= 4 is 6.09 Å². The molecule has 2 heterocycles. The van der Waals surface area contributed by atoms with E-state index in [-0.39, 0.29) is 17.1 Å². The van der Waals surface area contributed by atoms with Crippen molar-refractivity contribution in [2.45, 2.75) is 39.3 Å².